The van der Waals surface area contributed by atoms with Crippen LogP contribution in [0.25, 0.3) is 0 Å². The summed E-state index contributed by atoms with van der Waals surface area (Å²) >= 11 is 0. The summed E-state index contributed by atoms with van der Waals surface area (Å²) < 4.78 is 17.0. The van der Waals surface area contributed by atoms with Crippen LogP contribution in [0.2, 0.25) is 0 Å². The van der Waals surface area contributed by atoms with Gasteiger partial charge in [0.25, 0.3) is 0 Å². The molecule has 2 atom stereocenters. The minimum absolute atomic E-state index is 0.0228. The maximum Gasteiger partial charge on any atom is 0.306 e. The van der Waals surface area contributed by atoms with Crippen LogP contribution < -0.4 is 5.11 Å². The van der Waals surface area contributed by atoms with E-state index in [0.29, 0.717) is 6.42 Å². The molecule has 2 unspecified atom stereocenters. The van der Waals surface area contributed by atoms with Gasteiger partial charge in [-0.05, 0) is 64.2 Å². The smallest absolute Gasteiger partial charge is 0.306 e. The van der Waals surface area contributed by atoms with Crippen LogP contribution in [0.15, 0.2) is 60.8 Å². The summed E-state index contributed by atoms with van der Waals surface area (Å²) in [4.78, 5) is 36.7. The molecule has 0 aliphatic rings. The van der Waals surface area contributed by atoms with Crippen LogP contribution in [0.4, 0.5) is 0 Å². The molecule has 0 radical (unpaired) electrons. The van der Waals surface area contributed by atoms with E-state index in [0.717, 1.165) is 83.5 Å². The lowest BCUT2D eigenvalue weighted by Crippen LogP contribution is -2.55. The zero-order valence-corrected chi connectivity index (χ0v) is 33.0. The number of aliphatic carboxylic acids is 1. The third-order valence-corrected chi connectivity index (χ3v) is 8.42. The number of hydrogen-bond acceptors (Lipinski definition) is 7. The summed E-state index contributed by atoms with van der Waals surface area (Å²) in [7, 11) is 5.38. The summed E-state index contributed by atoms with van der Waals surface area (Å²) in [6, 6.07) is -0.733. The first kappa shape index (κ1) is 48.0. The number of quaternary nitrogens is 1. The Bertz CT molecular complexity index is 1020. The highest BCUT2D eigenvalue weighted by molar-refractivity contribution is 5.70. The summed E-state index contributed by atoms with van der Waals surface area (Å²) in [5.74, 6) is -1.80. The molecule has 0 fully saturated rings. The van der Waals surface area contributed by atoms with Gasteiger partial charge in [-0.15, -0.1) is 0 Å². The third-order valence-electron chi connectivity index (χ3n) is 8.42. The van der Waals surface area contributed by atoms with Crippen LogP contribution >= 0.6 is 0 Å². The molecule has 0 aromatic rings. The molecule has 0 aromatic heterocycles. The van der Waals surface area contributed by atoms with Crippen LogP contribution in [-0.2, 0) is 28.6 Å². The predicted octanol–water partition coefficient (Wildman–Crippen LogP) is 8.91. The standard InChI is InChI=1S/C43H73NO7/c1-6-8-10-12-14-16-18-19-20-21-22-24-25-27-29-31-33-41(45)50-38-39(37-49-36-35-40(43(47)48)44(3,4)5)51-42(46)34-32-30-28-26-23-17-15-13-11-9-7-2/h8,10,13-17,19-20,23,39-40H,6-7,9,11-12,18,21-22,24-38H2,1-5H3/b10-8+,15-13+,16-14+,20-19+,23-17+. The van der Waals surface area contributed by atoms with Crippen molar-refractivity contribution in [2.45, 2.75) is 154 Å². The number of allylic oxidation sites excluding steroid dienone is 10. The van der Waals surface area contributed by atoms with Crippen molar-refractivity contribution in [1.29, 1.82) is 0 Å². The zero-order chi connectivity index (χ0) is 37.8. The summed E-state index contributed by atoms with van der Waals surface area (Å²) in [6.07, 6.45) is 39.6. The maximum atomic E-state index is 12.6. The van der Waals surface area contributed by atoms with Gasteiger partial charge in [-0.3, -0.25) is 9.59 Å². The van der Waals surface area contributed by atoms with E-state index in [2.05, 4.69) is 74.6 Å². The SMILES string of the molecule is CC/C=C/C/C=C/C/C=C/CCCCCCCCC(=O)OCC(COCCC(C(=O)[O-])[N+](C)(C)C)OC(=O)CCCCC/C=C/C=C/CCCC. The number of carbonyl (C=O) groups excluding carboxylic acids is 3. The number of hydrogen-bond donors (Lipinski definition) is 0. The first-order valence-corrected chi connectivity index (χ1v) is 19.8. The minimum Gasteiger partial charge on any atom is -0.544 e. The quantitative estimate of drug-likeness (QED) is 0.0216. The van der Waals surface area contributed by atoms with Crippen molar-refractivity contribution in [1.82, 2.24) is 0 Å². The summed E-state index contributed by atoms with van der Waals surface area (Å²) in [6.45, 7) is 4.43. The van der Waals surface area contributed by atoms with E-state index in [1.165, 1.54) is 25.7 Å². The zero-order valence-electron chi connectivity index (χ0n) is 33.0. The second kappa shape index (κ2) is 34.1. The van der Waals surface area contributed by atoms with Crippen molar-refractivity contribution in [3.63, 3.8) is 0 Å². The number of rotatable bonds is 34. The Kier molecular flexibility index (Phi) is 32.1. The number of carbonyl (C=O) groups is 3. The van der Waals surface area contributed by atoms with E-state index in [1.807, 2.05) is 0 Å². The Balaban J connectivity index is 4.44. The number of carboxylic acid groups (broad SMARTS) is 1. The molecule has 8 nitrogen and oxygen atoms in total. The molecule has 0 heterocycles. The molecular formula is C43H73NO7. The van der Waals surface area contributed by atoms with Crippen LogP contribution in [0.3, 0.4) is 0 Å². The topological polar surface area (TPSA) is 102 Å². The lowest BCUT2D eigenvalue weighted by atomic mass is 10.1. The van der Waals surface area contributed by atoms with E-state index < -0.39 is 18.1 Å². The van der Waals surface area contributed by atoms with Crippen molar-refractivity contribution in [2.75, 3.05) is 41.0 Å². The Morgan fingerprint density at radius 1 is 0.627 bits per heavy atom. The third kappa shape index (κ3) is 32.7. The van der Waals surface area contributed by atoms with Crippen molar-refractivity contribution >= 4 is 17.9 Å². The molecule has 0 saturated heterocycles. The predicted molar refractivity (Wildman–Crippen MR) is 208 cm³/mol. The Hall–Kier alpha value is -2.97. The number of unbranched alkanes of at least 4 members (excludes halogenated alkanes) is 11. The van der Waals surface area contributed by atoms with Gasteiger partial charge in [0.1, 0.15) is 12.6 Å². The molecule has 0 amide bonds. The fourth-order valence-corrected chi connectivity index (χ4v) is 5.30. The average Bonchev–Trinajstić information content (AvgIpc) is 3.08. The Morgan fingerprint density at radius 2 is 1.16 bits per heavy atom. The lowest BCUT2D eigenvalue weighted by molar-refractivity contribution is -0.889. The summed E-state index contributed by atoms with van der Waals surface area (Å²) in [5.41, 5.74) is 0. The second-order valence-corrected chi connectivity index (χ2v) is 14.2. The molecule has 51 heavy (non-hydrogen) atoms. The van der Waals surface area contributed by atoms with E-state index in [-0.39, 0.29) is 49.1 Å². The minimum atomic E-state index is -1.13. The van der Waals surface area contributed by atoms with Gasteiger partial charge in [-0.2, -0.15) is 0 Å². The number of nitrogens with zero attached hydrogens (tertiary/aromatic N) is 1. The van der Waals surface area contributed by atoms with Crippen molar-refractivity contribution in [2.24, 2.45) is 0 Å². The molecule has 0 aromatic carbocycles. The van der Waals surface area contributed by atoms with E-state index in [4.69, 9.17) is 14.2 Å². The molecule has 0 aliphatic carbocycles. The van der Waals surface area contributed by atoms with Gasteiger partial charge in [0.05, 0.1) is 40.3 Å². The average molecular weight is 716 g/mol. The molecule has 0 bridgehead atoms. The monoisotopic (exact) mass is 716 g/mol. The van der Waals surface area contributed by atoms with Crippen molar-refractivity contribution in [3.8, 4) is 0 Å². The van der Waals surface area contributed by atoms with Gasteiger partial charge in [-0.1, -0.05) is 120 Å². The molecule has 0 aliphatic heterocycles. The first-order chi connectivity index (χ1) is 24.6. The van der Waals surface area contributed by atoms with Gasteiger partial charge in [-0.25, -0.2) is 0 Å². The summed E-state index contributed by atoms with van der Waals surface area (Å²) in [5, 5.41) is 11.6. The normalized spacial score (nSPS) is 13.7. The van der Waals surface area contributed by atoms with Gasteiger partial charge in [0.2, 0.25) is 0 Å². The van der Waals surface area contributed by atoms with Crippen LogP contribution in [0.1, 0.15) is 142 Å². The van der Waals surface area contributed by atoms with Gasteiger partial charge >= 0.3 is 11.9 Å². The fraction of sp³-hybridized carbons (Fsp3) is 0.698. The highest BCUT2D eigenvalue weighted by atomic mass is 16.6. The highest BCUT2D eigenvalue weighted by Gasteiger charge is 2.25. The van der Waals surface area contributed by atoms with Gasteiger partial charge in [0.15, 0.2) is 6.10 Å². The molecule has 0 spiro atoms. The van der Waals surface area contributed by atoms with Crippen LogP contribution in [0.5, 0.6) is 0 Å². The van der Waals surface area contributed by atoms with Crippen molar-refractivity contribution < 1.29 is 38.2 Å². The van der Waals surface area contributed by atoms with E-state index >= 15 is 0 Å². The number of esters is 2. The lowest BCUT2D eigenvalue weighted by Gasteiger charge is -2.34. The largest absolute Gasteiger partial charge is 0.544 e. The first-order valence-electron chi connectivity index (χ1n) is 19.8. The fourth-order valence-electron chi connectivity index (χ4n) is 5.30. The maximum absolute atomic E-state index is 12.6. The van der Waals surface area contributed by atoms with E-state index in [9.17, 15) is 19.5 Å². The Labute approximate surface area is 311 Å². The molecule has 292 valence electrons. The molecule has 0 rings (SSSR count). The second-order valence-electron chi connectivity index (χ2n) is 14.2. The molecule has 0 saturated carbocycles. The van der Waals surface area contributed by atoms with Crippen molar-refractivity contribution in [3.05, 3.63) is 60.8 Å². The van der Waals surface area contributed by atoms with Crippen LogP contribution in [0, 0.1) is 0 Å². The van der Waals surface area contributed by atoms with Gasteiger partial charge in [0, 0.05) is 19.3 Å². The number of likely N-dealkylation sites (N-methyl/N-ethyl adjacent to an activating group) is 1. The Morgan fingerprint density at radius 3 is 1.76 bits per heavy atom. The highest BCUT2D eigenvalue weighted by Crippen LogP contribution is 2.12. The molecule has 8 heteroatoms. The van der Waals surface area contributed by atoms with Crippen LogP contribution in [-0.4, -0.2) is 75.5 Å². The number of ether oxygens (including phenoxy) is 3. The van der Waals surface area contributed by atoms with Gasteiger partial charge < -0.3 is 28.6 Å². The number of carboxylic acids is 1. The molecule has 0 N–H and O–H groups in total. The van der Waals surface area contributed by atoms with E-state index in [1.54, 1.807) is 21.1 Å². The molecular weight excluding hydrogens is 642 g/mol.